The Kier molecular flexibility index (Phi) is 1.91. The molecule has 0 bridgehead atoms. The first-order chi connectivity index (χ1) is 4.33. The van der Waals surface area contributed by atoms with Crippen molar-refractivity contribution in [3.8, 4) is 0 Å². The summed E-state index contributed by atoms with van der Waals surface area (Å²) in [5.74, 6) is 0. The predicted molar refractivity (Wildman–Crippen MR) is 36.6 cm³/mol. The summed E-state index contributed by atoms with van der Waals surface area (Å²) in [6.07, 6.45) is 1.48. The van der Waals surface area contributed by atoms with E-state index in [-0.39, 0.29) is 0 Å². The normalized spacial score (nSPS) is 8.89. The van der Waals surface area contributed by atoms with Crippen molar-refractivity contribution in [3.05, 3.63) is 3.95 Å². The van der Waals surface area contributed by atoms with Crippen molar-refractivity contribution in [2.45, 2.75) is 0 Å². The van der Waals surface area contributed by atoms with Crippen LogP contribution in [0.4, 0.5) is 5.13 Å². The van der Waals surface area contributed by atoms with Gasteiger partial charge >= 0.3 is 6.41 Å². The Morgan fingerprint density at radius 3 is 3.11 bits per heavy atom. The van der Waals surface area contributed by atoms with E-state index in [1.165, 1.54) is 17.7 Å². The molecule has 4 nitrogen and oxygen atoms in total. The van der Waals surface area contributed by atoms with Crippen LogP contribution in [0.2, 0.25) is 0 Å². The van der Waals surface area contributed by atoms with Crippen LogP contribution in [0.5, 0.6) is 0 Å². The molecule has 1 radical (unpaired) electrons. The maximum absolute atomic E-state index is 9.67. The van der Waals surface area contributed by atoms with Crippen molar-refractivity contribution in [2.24, 2.45) is 0 Å². The quantitative estimate of drug-likeness (QED) is 0.494. The van der Waals surface area contributed by atoms with Crippen LogP contribution in [-0.4, -0.2) is 16.6 Å². The average molecular weight is 160 g/mol. The molecule has 1 amide bonds. The molecule has 0 aliphatic heterocycles. The highest BCUT2D eigenvalue weighted by molar-refractivity contribution is 7.73. The number of amides is 1. The van der Waals surface area contributed by atoms with Crippen LogP contribution in [0.15, 0.2) is 0 Å². The Labute approximate surface area is 59.9 Å². The van der Waals surface area contributed by atoms with Crippen LogP contribution < -0.4 is 5.32 Å². The first-order valence-corrected chi connectivity index (χ1v) is 3.24. The van der Waals surface area contributed by atoms with Gasteiger partial charge < -0.3 is 0 Å². The third-order valence-electron chi connectivity index (χ3n) is 0.596. The lowest BCUT2D eigenvalue weighted by atomic mass is 11.1. The fraction of sp³-hybridized carbons (Fsp3) is 0. The summed E-state index contributed by atoms with van der Waals surface area (Å²) in [5.41, 5.74) is 0. The minimum Gasteiger partial charge on any atom is -0.292 e. The fourth-order valence-corrected chi connectivity index (χ4v) is 1.06. The van der Waals surface area contributed by atoms with Gasteiger partial charge in [0.2, 0.25) is 5.13 Å². The Morgan fingerprint density at radius 1 is 1.89 bits per heavy atom. The highest BCUT2D eigenvalue weighted by atomic mass is 32.1. The van der Waals surface area contributed by atoms with Crippen molar-refractivity contribution >= 4 is 35.1 Å². The molecule has 0 aliphatic rings. The minimum atomic E-state index is 0.440. The Bertz CT molecular complexity index is 252. The highest BCUT2D eigenvalue weighted by Gasteiger charge is 1.91. The fourth-order valence-electron chi connectivity index (χ4n) is 0.327. The van der Waals surface area contributed by atoms with Gasteiger partial charge in [-0.3, -0.25) is 15.2 Å². The van der Waals surface area contributed by atoms with Gasteiger partial charge in [-0.2, -0.15) is 0 Å². The third-order valence-corrected chi connectivity index (χ3v) is 1.60. The molecule has 0 saturated heterocycles. The molecule has 1 rings (SSSR count). The predicted octanol–water partition coefficient (Wildman–Crippen LogP) is 0.680. The molecule has 0 unspecified atom stereocenters. The Balaban J connectivity index is 2.84. The van der Waals surface area contributed by atoms with E-state index in [4.69, 9.17) is 0 Å². The smallest absolute Gasteiger partial charge is 0.292 e. The second-order valence-corrected chi connectivity index (χ2v) is 2.81. The van der Waals surface area contributed by atoms with Gasteiger partial charge in [0.05, 0.1) is 0 Å². The topological polar surface area (TPSA) is 57.8 Å². The number of anilines is 1. The number of H-pyrrole nitrogens is 1. The van der Waals surface area contributed by atoms with Crippen molar-refractivity contribution in [1.82, 2.24) is 10.2 Å². The summed E-state index contributed by atoms with van der Waals surface area (Å²) in [5, 5.41) is 8.79. The molecule has 1 heterocycles. The minimum absolute atomic E-state index is 0.440. The molecular weight excluding hydrogens is 158 g/mol. The molecule has 0 aromatic carbocycles. The molecule has 0 fully saturated rings. The summed E-state index contributed by atoms with van der Waals surface area (Å²) in [6, 6.07) is 0. The van der Waals surface area contributed by atoms with Gasteiger partial charge in [0.1, 0.15) is 0 Å². The summed E-state index contributed by atoms with van der Waals surface area (Å²) in [6.45, 7) is 0. The lowest BCUT2D eigenvalue weighted by Crippen LogP contribution is -1.91. The summed E-state index contributed by atoms with van der Waals surface area (Å²) >= 11 is 5.86. The largest absolute Gasteiger partial charge is 0.315 e. The summed E-state index contributed by atoms with van der Waals surface area (Å²) in [7, 11) is 0. The number of hydrogen-bond donors (Lipinski definition) is 2. The van der Waals surface area contributed by atoms with Crippen LogP contribution in [0.1, 0.15) is 0 Å². The van der Waals surface area contributed by atoms with E-state index in [1.807, 2.05) is 0 Å². The van der Waals surface area contributed by atoms with Gasteiger partial charge in [-0.15, -0.1) is 5.10 Å². The molecular formula is C3H2N3OS2. The molecule has 0 saturated carbocycles. The lowest BCUT2D eigenvalue weighted by molar-refractivity contribution is 0.561. The maximum atomic E-state index is 9.67. The number of aromatic amines is 1. The summed E-state index contributed by atoms with van der Waals surface area (Å²) < 4.78 is 0.535. The average Bonchev–Trinajstić information content (AvgIpc) is 2.17. The van der Waals surface area contributed by atoms with Gasteiger partial charge in [-0.25, -0.2) is 0 Å². The van der Waals surface area contributed by atoms with Crippen LogP contribution in [-0.2, 0) is 4.79 Å². The Morgan fingerprint density at radius 2 is 2.67 bits per heavy atom. The van der Waals surface area contributed by atoms with Gasteiger partial charge in [-0.05, 0) is 12.2 Å². The zero-order valence-corrected chi connectivity index (χ0v) is 5.80. The van der Waals surface area contributed by atoms with E-state index >= 15 is 0 Å². The van der Waals surface area contributed by atoms with E-state index < -0.39 is 0 Å². The first kappa shape index (κ1) is 6.37. The highest BCUT2D eigenvalue weighted by Crippen LogP contribution is 2.08. The maximum Gasteiger partial charge on any atom is 0.315 e. The number of nitrogens with one attached hydrogen (secondary N) is 2. The number of hydrogen-bond acceptors (Lipinski definition) is 4. The van der Waals surface area contributed by atoms with E-state index in [2.05, 4.69) is 27.7 Å². The molecule has 0 aliphatic carbocycles. The van der Waals surface area contributed by atoms with Gasteiger partial charge in [-0.1, -0.05) is 11.3 Å². The molecule has 9 heavy (non-hydrogen) atoms. The zero-order chi connectivity index (χ0) is 6.69. The van der Waals surface area contributed by atoms with Crippen molar-refractivity contribution < 1.29 is 4.79 Å². The SMILES string of the molecule is O=[C]Nc1n[nH]c(=S)s1. The number of rotatable bonds is 2. The number of nitrogens with zero attached hydrogens (tertiary/aromatic N) is 1. The molecule has 1 aromatic rings. The lowest BCUT2D eigenvalue weighted by Gasteiger charge is -1.79. The second kappa shape index (κ2) is 2.70. The summed E-state index contributed by atoms with van der Waals surface area (Å²) in [4.78, 5) is 9.67. The van der Waals surface area contributed by atoms with Gasteiger partial charge in [0, 0.05) is 0 Å². The standard InChI is InChI=1S/C3H2N3OS2/c7-1-4-2-5-6-3(8)9-2/h(H,6,8)(H,4,5,7). The molecule has 0 atom stereocenters. The van der Waals surface area contributed by atoms with E-state index in [1.54, 1.807) is 0 Å². The van der Waals surface area contributed by atoms with Gasteiger partial charge in [0.15, 0.2) is 3.95 Å². The van der Waals surface area contributed by atoms with Gasteiger partial charge in [0.25, 0.3) is 0 Å². The van der Waals surface area contributed by atoms with Crippen molar-refractivity contribution in [1.29, 1.82) is 0 Å². The Hall–Kier alpha value is -0.750. The van der Waals surface area contributed by atoms with E-state index in [0.717, 1.165) is 0 Å². The van der Waals surface area contributed by atoms with Crippen LogP contribution in [0.3, 0.4) is 0 Å². The molecule has 6 heteroatoms. The second-order valence-electron chi connectivity index (χ2n) is 1.15. The van der Waals surface area contributed by atoms with Crippen LogP contribution in [0, 0.1) is 3.95 Å². The molecule has 47 valence electrons. The number of aromatic nitrogens is 2. The van der Waals surface area contributed by atoms with E-state index in [9.17, 15) is 4.79 Å². The molecule has 2 N–H and O–H groups in total. The monoisotopic (exact) mass is 160 g/mol. The van der Waals surface area contributed by atoms with E-state index in [0.29, 0.717) is 9.09 Å². The van der Waals surface area contributed by atoms with Crippen LogP contribution in [0.25, 0.3) is 0 Å². The molecule has 0 spiro atoms. The zero-order valence-electron chi connectivity index (χ0n) is 4.17. The first-order valence-electron chi connectivity index (χ1n) is 2.01. The third kappa shape index (κ3) is 1.58. The van der Waals surface area contributed by atoms with Crippen molar-refractivity contribution in [3.63, 3.8) is 0 Å². The number of carbonyl (C=O) groups excluding carboxylic acids is 1. The molecule has 1 aromatic heterocycles. The van der Waals surface area contributed by atoms with Crippen molar-refractivity contribution in [2.75, 3.05) is 5.32 Å². The van der Waals surface area contributed by atoms with Crippen LogP contribution >= 0.6 is 23.6 Å².